The van der Waals surface area contributed by atoms with E-state index in [0.29, 0.717) is 6.54 Å². The maximum atomic E-state index is 4.26. The molecule has 126 valence electrons. The Balaban J connectivity index is 1.62. The van der Waals surface area contributed by atoms with Crippen LogP contribution in [0.4, 0.5) is 23.0 Å². The highest BCUT2D eigenvalue weighted by Gasteiger charge is 2.13. The molecule has 0 saturated carbocycles. The van der Waals surface area contributed by atoms with Crippen LogP contribution in [0.25, 0.3) is 0 Å². The average Bonchev–Trinajstić information content (AvgIpc) is 2.62. The van der Waals surface area contributed by atoms with Crippen molar-refractivity contribution >= 4 is 23.0 Å². The summed E-state index contributed by atoms with van der Waals surface area (Å²) in [6.45, 7) is 8.74. The second-order valence-corrected chi connectivity index (χ2v) is 5.92. The molecule has 0 atom stereocenters. The second-order valence-electron chi connectivity index (χ2n) is 5.92. The molecule has 0 spiro atoms. The lowest BCUT2D eigenvalue weighted by molar-refractivity contribution is 0.313. The highest BCUT2D eigenvalue weighted by atomic mass is 15.2. The van der Waals surface area contributed by atoms with Crippen molar-refractivity contribution in [2.75, 3.05) is 55.3 Å². The lowest BCUT2D eigenvalue weighted by atomic mass is 10.2. The molecule has 3 rings (SSSR count). The van der Waals surface area contributed by atoms with Crippen LogP contribution in [0.2, 0.25) is 0 Å². The molecule has 1 saturated heterocycles. The minimum atomic E-state index is 0.677. The van der Waals surface area contributed by atoms with Crippen molar-refractivity contribution in [1.82, 2.24) is 14.9 Å². The Morgan fingerprint density at radius 2 is 1.79 bits per heavy atom. The van der Waals surface area contributed by atoms with Crippen LogP contribution in [0.15, 0.2) is 49.3 Å². The molecule has 2 heterocycles. The van der Waals surface area contributed by atoms with Gasteiger partial charge in [-0.05, 0) is 31.3 Å². The largest absolute Gasteiger partial charge is 0.369 e. The number of benzene rings is 1. The molecule has 6 nitrogen and oxygen atoms in total. The summed E-state index contributed by atoms with van der Waals surface area (Å²) in [6, 6.07) is 10.4. The maximum absolute atomic E-state index is 4.26. The average molecular weight is 324 g/mol. The van der Waals surface area contributed by atoms with E-state index < -0.39 is 0 Å². The van der Waals surface area contributed by atoms with Crippen LogP contribution < -0.4 is 15.5 Å². The van der Waals surface area contributed by atoms with Crippen molar-refractivity contribution in [3.63, 3.8) is 0 Å². The first kappa shape index (κ1) is 16.3. The molecule has 1 aliphatic rings. The SMILES string of the molecule is C=CCNc1cc(Nc2ccc(N3CCN(C)CC3)cc2)ncn1. The number of rotatable bonds is 6. The summed E-state index contributed by atoms with van der Waals surface area (Å²) in [5.74, 6) is 1.55. The predicted molar refractivity (Wildman–Crippen MR) is 100 cm³/mol. The molecule has 6 heteroatoms. The zero-order valence-corrected chi connectivity index (χ0v) is 14.1. The standard InChI is InChI=1S/C18H24N6/c1-3-8-19-17-13-18(21-14-20-17)22-15-4-6-16(7-5-15)24-11-9-23(2)10-12-24/h3-7,13-14H,1,8-12H2,2H3,(H2,19,20,21,22). The molecule has 1 aliphatic heterocycles. The second kappa shape index (κ2) is 7.79. The Kier molecular flexibility index (Phi) is 5.28. The summed E-state index contributed by atoms with van der Waals surface area (Å²) in [7, 11) is 2.17. The van der Waals surface area contributed by atoms with Gasteiger partial charge in [0, 0.05) is 50.2 Å². The fraction of sp³-hybridized carbons (Fsp3) is 0.333. The maximum Gasteiger partial charge on any atom is 0.135 e. The summed E-state index contributed by atoms with van der Waals surface area (Å²) in [6.07, 6.45) is 3.35. The van der Waals surface area contributed by atoms with Gasteiger partial charge in [-0.3, -0.25) is 0 Å². The molecule has 24 heavy (non-hydrogen) atoms. The predicted octanol–water partition coefficient (Wildman–Crippen LogP) is 2.57. The smallest absolute Gasteiger partial charge is 0.135 e. The Labute approximate surface area is 143 Å². The van der Waals surface area contributed by atoms with Crippen LogP contribution in [-0.4, -0.2) is 54.6 Å². The number of likely N-dealkylation sites (N-methyl/N-ethyl adjacent to an activating group) is 1. The topological polar surface area (TPSA) is 56.3 Å². The number of hydrogen-bond acceptors (Lipinski definition) is 6. The third-order valence-corrected chi connectivity index (χ3v) is 4.10. The van der Waals surface area contributed by atoms with Gasteiger partial charge in [0.1, 0.15) is 18.0 Å². The van der Waals surface area contributed by atoms with Gasteiger partial charge >= 0.3 is 0 Å². The van der Waals surface area contributed by atoms with Crippen LogP contribution >= 0.6 is 0 Å². The van der Waals surface area contributed by atoms with Crippen LogP contribution in [0.5, 0.6) is 0 Å². The lowest BCUT2D eigenvalue weighted by Crippen LogP contribution is -2.44. The minimum absolute atomic E-state index is 0.677. The van der Waals surface area contributed by atoms with Gasteiger partial charge in [0.2, 0.25) is 0 Å². The van der Waals surface area contributed by atoms with Gasteiger partial charge in [-0.1, -0.05) is 6.08 Å². The van der Waals surface area contributed by atoms with Crippen LogP contribution in [0.3, 0.4) is 0 Å². The highest BCUT2D eigenvalue weighted by molar-refractivity contribution is 5.62. The summed E-state index contributed by atoms with van der Waals surface area (Å²) in [4.78, 5) is 13.2. The van der Waals surface area contributed by atoms with E-state index in [0.717, 1.165) is 43.5 Å². The zero-order valence-electron chi connectivity index (χ0n) is 14.1. The molecule has 0 aliphatic carbocycles. The summed E-state index contributed by atoms with van der Waals surface area (Å²) in [5, 5.41) is 6.47. The van der Waals surface area contributed by atoms with Crippen LogP contribution in [-0.2, 0) is 0 Å². The molecule has 2 N–H and O–H groups in total. The Hall–Kier alpha value is -2.60. The van der Waals surface area contributed by atoms with Crippen molar-refractivity contribution in [1.29, 1.82) is 0 Å². The Morgan fingerprint density at radius 3 is 2.50 bits per heavy atom. The number of aromatic nitrogens is 2. The number of anilines is 4. The number of hydrogen-bond donors (Lipinski definition) is 2. The quantitative estimate of drug-likeness (QED) is 0.797. The normalized spacial score (nSPS) is 15.1. The van der Waals surface area contributed by atoms with Crippen molar-refractivity contribution in [3.05, 3.63) is 49.3 Å². The molecule has 0 bridgehead atoms. The van der Waals surface area contributed by atoms with E-state index in [1.54, 1.807) is 12.4 Å². The van der Waals surface area contributed by atoms with Gasteiger partial charge < -0.3 is 20.4 Å². The fourth-order valence-electron chi connectivity index (χ4n) is 2.67. The molecule has 1 fully saturated rings. The van der Waals surface area contributed by atoms with E-state index in [-0.39, 0.29) is 0 Å². The first-order valence-corrected chi connectivity index (χ1v) is 8.22. The van der Waals surface area contributed by atoms with E-state index in [2.05, 4.69) is 68.3 Å². The number of nitrogens with zero attached hydrogens (tertiary/aromatic N) is 4. The first-order chi connectivity index (χ1) is 11.7. The lowest BCUT2D eigenvalue weighted by Gasteiger charge is -2.34. The zero-order chi connectivity index (χ0) is 16.8. The van der Waals surface area contributed by atoms with Crippen molar-refractivity contribution < 1.29 is 0 Å². The molecule has 1 aromatic carbocycles. The first-order valence-electron chi connectivity index (χ1n) is 8.22. The van der Waals surface area contributed by atoms with E-state index >= 15 is 0 Å². The van der Waals surface area contributed by atoms with E-state index in [9.17, 15) is 0 Å². The van der Waals surface area contributed by atoms with E-state index in [1.807, 2.05) is 6.07 Å². The molecule has 2 aromatic rings. The molecule has 0 radical (unpaired) electrons. The van der Waals surface area contributed by atoms with Crippen molar-refractivity contribution in [2.45, 2.75) is 0 Å². The van der Waals surface area contributed by atoms with Crippen LogP contribution in [0, 0.1) is 0 Å². The molecule has 1 aromatic heterocycles. The van der Waals surface area contributed by atoms with Gasteiger partial charge in [-0.15, -0.1) is 6.58 Å². The monoisotopic (exact) mass is 324 g/mol. The fourth-order valence-corrected chi connectivity index (χ4v) is 2.67. The van der Waals surface area contributed by atoms with Gasteiger partial charge in [-0.25, -0.2) is 9.97 Å². The van der Waals surface area contributed by atoms with E-state index in [4.69, 9.17) is 0 Å². The summed E-state index contributed by atoms with van der Waals surface area (Å²) in [5.41, 5.74) is 2.28. The van der Waals surface area contributed by atoms with Crippen molar-refractivity contribution in [3.8, 4) is 0 Å². The van der Waals surface area contributed by atoms with Gasteiger partial charge in [0.15, 0.2) is 0 Å². The molecule has 0 amide bonds. The summed E-state index contributed by atoms with van der Waals surface area (Å²) < 4.78 is 0. The number of nitrogens with one attached hydrogen (secondary N) is 2. The number of piperazine rings is 1. The van der Waals surface area contributed by atoms with Gasteiger partial charge in [0.25, 0.3) is 0 Å². The third-order valence-electron chi connectivity index (χ3n) is 4.10. The third kappa shape index (κ3) is 4.23. The highest BCUT2D eigenvalue weighted by Crippen LogP contribution is 2.21. The Morgan fingerprint density at radius 1 is 1.08 bits per heavy atom. The Bertz CT molecular complexity index is 661. The molecular formula is C18H24N6. The molecule has 0 unspecified atom stereocenters. The molecular weight excluding hydrogens is 300 g/mol. The minimum Gasteiger partial charge on any atom is -0.369 e. The van der Waals surface area contributed by atoms with Gasteiger partial charge in [-0.2, -0.15) is 0 Å². The van der Waals surface area contributed by atoms with Crippen LogP contribution in [0.1, 0.15) is 0 Å². The summed E-state index contributed by atoms with van der Waals surface area (Å²) >= 11 is 0. The van der Waals surface area contributed by atoms with Crippen molar-refractivity contribution in [2.24, 2.45) is 0 Å². The van der Waals surface area contributed by atoms with E-state index in [1.165, 1.54) is 5.69 Å². The van der Waals surface area contributed by atoms with Gasteiger partial charge in [0.05, 0.1) is 0 Å².